The lowest BCUT2D eigenvalue weighted by molar-refractivity contribution is 0.617. The number of nitrogens with two attached hydrogens (primary N) is 1. The predicted octanol–water partition coefficient (Wildman–Crippen LogP) is 4.21. The van der Waals surface area contributed by atoms with Gasteiger partial charge in [-0.25, -0.2) is 4.98 Å². The number of aromatic nitrogens is 1. The van der Waals surface area contributed by atoms with Crippen molar-refractivity contribution in [2.24, 2.45) is 0 Å². The van der Waals surface area contributed by atoms with Crippen LogP contribution in [0.3, 0.4) is 0 Å². The number of oxazole rings is 1. The summed E-state index contributed by atoms with van der Waals surface area (Å²) in [6, 6.07) is 9.78. The van der Waals surface area contributed by atoms with Gasteiger partial charge in [-0.3, -0.25) is 0 Å². The van der Waals surface area contributed by atoms with Gasteiger partial charge in [0.25, 0.3) is 0 Å². The van der Waals surface area contributed by atoms with Crippen molar-refractivity contribution in [1.82, 2.24) is 4.98 Å². The topological polar surface area (TPSA) is 55.3 Å². The summed E-state index contributed by atoms with van der Waals surface area (Å²) in [4.78, 5) is 6.59. The fourth-order valence-corrected chi connectivity index (χ4v) is 3.09. The van der Waals surface area contributed by atoms with Crippen molar-refractivity contribution in [3.05, 3.63) is 40.4 Å². The van der Waals surface area contributed by atoms with Crippen LogP contribution in [0.2, 0.25) is 0 Å². The van der Waals surface area contributed by atoms with Crippen LogP contribution in [0.15, 0.2) is 39.2 Å². The minimum Gasteiger partial charge on any atom is -0.436 e. The molecular weight excluding hydrogens is 330 g/mol. The summed E-state index contributed by atoms with van der Waals surface area (Å²) in [5.74, 6) is 0.602. The van der Waals surface area contributed by atoms with E-state index in [0.717, 1.165) is 32.4 Å². The number of fused-ring (bicyclic) bond motifs is 1. The van der Waals surface area contributed by atoms with E-state index in [-0.39, 0.29) is 0 Å². The van der Waals surface area contributed by atoms with Crippen molar-refractivity contribution in [1.29, 1.82) is 0 Å². The zero-order valence-electron chi connectivity index (χ0n) is 12.1. The number of halogens is 1. The first-order chi connectivity index (χ1) is 9.95. The molecule has 1 heterocycles. The van der Waals surface area contributed by atoms with Gasteiger partial charge >= 0.3 is 0 Å². The molecule has 5 heteroatoms. The molecule has 4 nitrogen and oxygen atoms in total. The van der Waals surface area contributed by atoms with Gasteiger partial charge in [0.15, 0.2) is 5.58 Å². The van der Waals surface area contributed by atoms with E-state index < -0.39 is 0 Å². The van der Waals surface area contributed by atoms with Crippen LogP contribution in [0.25, 0.3) is 22.6 Å². The molecule has 2 aromatic carbocycles. The molecule has 0 aliphatic rings. The Balaban J connectivity index is 2.12. The molecule has 1 aromatic heterocycles. The summed E-state index contributed by atoms with van der Waals surface area (Å²) < 4.78 is 6.90. The van der Waals surface area contributed by atoms with Crippen LogP contribution in [-0.2, 0) is 0 Å². The largest absolute Gasteiger partial charge is 0.436 e. The highest BCUT2D eigenvalue weighted by atomic mass is 79.9. The minimum atomic E-state index is 0.602. The van der Waals surface area contributed by atoms with E-state index in [1.54, 1.807) is 0 Å². The van der Waals surface area contributed by atoms with Crippen LogP contribution in [0.4, 0.5) is 11.4 Å². The number of rotatable bonds is 2. The molecule has 3 rings (SSSR count). The molecule has 0 saturated carbocycles. The molecule has 0 bridgehead atoms. The molecule has 0 aliphatic heterocycles. The van der Waals surface area contributed by atoms with E-state index >= 15 is 0 Å². The van der Waals surface area contributed by atoms with Crippen molar-refractivity contribution in [3.63, 3.8) is 0 Å². The van der Waals surface area contributed by atoms with Crippen molar-refractivity contribution in [3.8, 4) is 11.5 Å². The lowest BCUT2D eigenvalue weighted by atomic mass is 10.2. The van der Waals surface area contributed by atoms with Gasteiger partial charge in [-0.1, -0.05) is 0 Å². The molecule has 0 radical (unpaired) electrons. The molecule has 0 atom stereocenters. The normalized spacial score (nSPS) is 11.0. The summed E-state index contributed by atoms with van der Waals surface area (Å²) in [6.45, 7) is 1.97. The maximum Gasteiger partial charge on any atom is 0.227 e. The molecule has 0 aliphatic carbocycles. The van der Waals surface area contributed by atoms with Gasteiger partial charge in [-0.15, -0.1) is 0 Å². The predicted molar refractivity (Wildman–Crippen MR) is 90.6 cm³/mol. The van der Waals surface area contributed by atoms with E-state index in [1.807, 2.05) is 56.3 Å². The minimum absolute atomic E-state index is 0.602. The van der Waals surface area contributed by atoms with E-state index in [4.69, 9.17) is 10.2 Å². The van der Waals surface area contributed by atoms with Gasteiger partial charge in [0.1, 0.15) is 5.52 Å². The second kappa shape index (κ2) is 5.07. The second-order valence-electron chi connectivity index (χ2n) is 5.27. The van der Waals surface area contributed by atoms with E-state index in [0.29, 0.717) is 11.6 Å². The van der Waals surface area contributed by atoms with Crippen LogP contribution in [0.5, 0.6) is 0 Å². The lowest BCUT2D eigenvalue weighted by Crippen LogP contribution is -2.09. The van der Waals surface area contributed by atoms with Crippen LogP contribution < -0.4 is 10.6 Å². The Labute approximate surface area is 131 Å². The first kappa shape index (κ1) is 13.9. The number of hydrogen-bond donors (Lipinski definition) is 1. The summed E-state index contributed by atoms with van der Waals surface area (Å²) in [5, 5.41) is 0. The van der Waals surface area contributed by atoms with Crippen LogP contribution >= 0.6 is 15.9 Å². The third-order valence-electron chi connectivity index (χ3n) is 3.37. The Hall–Kier alpha value is -2.01. The van der Waals surface area contributed by atoms with Gasteiger partial charge in [-0.05, 0) is 58.7 Å². The molecule has 0 amide bonds. The van der Waals surface area contributed by atoms with Gasteiger partial charge in [-0.2, -0.15) is 0 Å². The monoisotopic (exact) mass is 345 g/mol. The molecule has 0 unspecified atom stereocenters. The number of aryl methyl sites for hydroxylation is 1. The molecule has 0 fully saturated rings. The van der Waals surface area contributed by atoms with E-state index in [1.165, 1.54) is 0 Å². The van der Waals surface area contributed by atoms with Gasteiger partial charge in [0.05, 0.1) is 5.69 Å². The maximum absolute atomic E-state index is 5.89. The van der Waals surface area contributed by atoms with Crippen molar-refractivity contribution < 1.29 is 4.42 Å². The quantitative estimate of drug-likeness (QED) is 0.706. The van der Waals surface area contributed by atoms with E-state index in [9.17, 15) is 0 Å². The number of hydrogen-bond acceptors (Lipinski definition) is 4. The fraction of sp³-hybridized carbons (Fsp3) is 0.188. The Morgan fingerprint density at radius 3 is 2.62 bits per heavy atom. The Morgan fingerprint density at radius 1 is 1.19 bits per heavy atom. The van der Waals surface area contributed by atoms with Crippen molar-refractivity contribution >= 4 is 38.4 Å². The SMILES string of the molecule is Cc1cc(N)cc2nc(-c3ccc(N(C)C)c(Br)c3)oc12. The zero-order valence-corrected chi connectivity index (χ0v) is 13.7. The third kappa shape index (κ3) is 2.49. The van der Waals surface area contributed by atoms with Crippen LogP contribution in [0, 0.1) is 6.92 Å². The van der Waals surface area contributed by atoms with Gasteiger partial charge < -0.3 is 15.1 Å². The lowest BCUT2D eigenvalue weighted by Gasteiger charge is -2.14. The molecule has 3 aromatic rings. The average molecular weight is 346 g/mol. The summed E-state index contributed by atoms with van der Waals surface area (Å²) >= 11 is 3.58. The highest BCUT2D eigenvalue weighted by Crippen LogP contribution is 2.32. The second-order valence-corrected chi connectivity index (χ2v) is 6.12. The van der Waals surface area contributed by atoms with Crippen molar-refractivity contribution in [2.75, 3.05) is 24.7 Å². The summed E-state index contributed by atoms with van der Waals surface area (Å²) in [7, 11) is 4.01. The van der Waals surface area contributed by atoms with Gasteiger partial charge in [0.2, 0.25) is 5.89 Å². The number of nitrogens with zero attached hydrogens (tertiary/aromatic N) is 2. The highest BCUT2D eigenvalue weighted by Gasteiger charge is 2.12. The number of anilines is 2. The Kier molecular flexibility index (Phi) is 3.37. The smallest absolute Gasteiger partial charge is 0.227 e. The summed E-state index contributed by atoms with van der Waals surface area (Å²) in [6.07, 6.45) is 0. The van der Waals surface area contributed by atoms with Crippen LogP contribution in [-0.4, -0.2) is 19.1 Å². The van der Waals surface area contributed by atoms with Crippen LogP contribution in [0.1, 0.15) is 5.56 Å². The summed E-state index contributed by atoms with van der Waals surface area (Å²) in [5.41, 5.74) is 11.2. The number of nitrogen functional groups attached to an aromatic ring is 1. The third-order valence-corrected chi connectivity index (χ3v) is 4.01. The Bertz CT molecular complexity index is 824. The molecule has 0 spiro atoms. The molecule has 2 N–H and O–H groups in total. The number of benzene rings is 2. The molecule has 0 saturated heterocycles. The standard InChI is InChI=1S/C16H16BrN3O/c1-9-6-11(18)8-13-15(9)21-16(19-13)10-4-5-14(20(2)3)12(17)7-10/h4-8H,18H2,1-3H3. The fourth-order valence-electron chi connectivity index (χ4n) is 2.35. The zero-order chi connectivity index (χ0) is 15.1. The average Bonchev–Trinajstić information content (AvgIpc) is 2.82. The first-order valence-corrected chi connectivity index (χ1v) is 7.39. The molecular formula is C16H16BrN3O. The molecule has 108 valence electrons. The Morgan fingerprint density at radius 2 is 1.95 bits per heavy atom. The van der Waals surface area contributed by atoms with E-state index in [2.05, 4.69) is 20.9 Å². The first-order valence-electron chi connectivity index (χ1n) is 6.59. The van der Waals surface area contributed by atoms with Gasteiger partial charge in [0, 0.05) is 29.8 Å². The maximum atomic E-state index is 5.89. The van der Waals surface area contributed by atoms with Crippen molar-refractivity contribution in [2.45, 2.75) is 6.92 Å². The highest BCUT2D eigenvalue weighted by molar-refractivity contribution is 9.10. The molecule has 21 heavy (non-hydrogen) atoms.